The average molecular weight is 360 g/mol. The van der Waals surface area contributed by atoms with Crippen molar-refractivity contribution >= 4 is 23.6 Å². The molecule has 0 unspecified atom stereocenters. The van der Waals surface area contributed by atoms with Crippen LogP contribution in [0.1, 0.15) is 30.5 Å². The zero-order valence-electron chi connectivity index (χ0n) is 15.3. The summed E-state index contributed by atoms with van der Waals surface area (Å²) in [6, 6.07) is 16.7. The number of hydrogen-bond acceptors (Lipinski definition) is 4. The molecule has 1 aliphatic heterocycles. The molecular weight excluding hydrogens is 340 g/mol. The highest BCUT2D eigenvalue weighted by Crippen LogP contribution is 2.32. The first-order valence-corrected chi connectivity index (χ1v) is 8.79. The monoisotopic (exact) mass is 360 g/mol. The number of rotatable bonds is 4. The van der Waals surface area contributed by atoms with Gasteiger partial charge in [0, 0.05) is 17.8 Å². The maximum atomic E-state index is 12.8. The second-order valence-corrected chi connectivity index (χ2v) is 6.54. The van der Waals surface area contributed by atoms with Crippen LogP contribution >= 0.6 is 0 Å². The third-order valence-corrected chi connectivity index (χ3v) is 4.54. The zero-order chi connectivity index (χ0) is 19.4. The summed E-state index contributed by atoms with van der Waals surface area (Å²) in [4.78, 5) is 26.6. The predicted molar refractivity (Wildman–Crippen MR) is 103 cm³/mol. The number of ether oxygens (including phenoxy) is 1. The summed E-state index contributed by atoms with van der Waals surface area (Å²) < 4.78 is 5.29. The SMILES string of the molecule is C[C@@H]1Cc2ccccc2N1C(=O)[C@@H](C)OC(=O)/C=C/c1ccc(C#N)cc1. The number of esters is 1. The molecule has 1 heterocycles. The predicted octanol–water partition coefficient (Wildman–Crippen LogP) is 3.48. The lowest BCUT2D eigenvalue weighted by molar-refractivity contribution is -0.149. The Kier molecular flexibility index (Phi) is 5.37. The molecule has 5 nitrogen and oxygen atoms in total. The molecule has 0 bridgehead atoms. The van der Waals surface area contributed by atoms with Gasteiger partial charge in [-0.15, -0.1) is 0 Å². The number of benzene rings is 2. The summed E-state index contributed by atoms with van der Waals surface area (Å²) in [5.41, 5.74) is 3.32. The van der Waals surface area contributed by atoms with Gasteiger partial charge >= 0.3 is 5.97 Å². The van der Waals surface area contributed by atoms with Crippen LogP contribution in [0.3, 0.4) is 0 Å². The second kappa shape index (κ2) is 7.88. The van der Waals surface area contributed by atoms with Crippen molar-refractivity contribution in [3.05, 3.63) is 71.3 Å². The number of para-hydroxylation sites is 1. The summed E-state index contributed by atoms with van der Waals surface area (Å²) >= 11 is 0. The molecule has 0 fully saturated rings. The van der Waals surface area contributed by atoms with Gasteiger partial charge in [-0.1, -0.05) is 30.3 Å². The van der Waals surface area contributed by atoms with Gasteiger partial charge in [0.05, 0.1) is 11.6 Å². The number of hydrogen-bond donors (Lipinski definition) is 0. The first-order chi connectivity index (χ1) is 13.0. The third kappa shape index (κ3) is 4.06. The van der Waals surface area contributed by atoms with Crippen LogP contribution in [0.25, 0.3) is 6.08 Å². The molecule has 2 aromatic rings. The minimum Gasteiger partial charge on any atom is -0.449 e. The molecule has 3 rings (SSSR count). The van der Waals surface area contributed by atoms with Crippen LogP contribution in [0.15, 0.2) is 54.6 Å². The van der Waals surface area contributed by atoms with E-state index in [1.165, 1.54) is 6.08 Å². The summed E-state index contributed by atoms with van der Waals surface area (Å²) in [6.45, 7) is 3.57. The highest BCUT2D eigenvalue weighted by molar-refractivity contribution is 6.00. The van der Waals surface area contributed by atoms with E-state index in [1.807, 2.05) is 37.3 Å². The van der Waals surface area contributed by atoms with E-state index in [-0.39, 0.29) is 11.9 Å². The molecule has 1 amide bonds. The summed E-state index contributed by atoms with van der Waals surface area (Å²) in [5, 5.41) is 8.79. The van der Waals surface area contributed by atoms with Crippen molar-refractivity contribution in [2.45, 2.75) is 32.4 Å². The Morgan fingerprint density at radius 3 is 2.63 bits per heavy atom. The van der Waals surface area contributed by atoms with E-state index < -0.39 is 12.1 Å². The fraction of sp³-hybridized carbons (Fsp3) is 0.227. The Bertz CT molecular complexity index is 925. The Balaban J connectivity index is 1.63. The van der Waals surface area contributed by atoms with E-state index in [1.54, 1.807) is 42.2 Å². The molecule has 0 saturated carbocycles. The van der Waals surface area contributed by atoms with Crippen LogP contribution in [0, 0.1) is 11.3 Å². The Labute approximate surface area is 158 Å². The molecule has 5 heteroatoms. The molecule has 0 N–H and O–H groups in total. The minimum atomic E-state index is -0.878. The van der Waals surface area contributed by atoms with Crippen LogP contribution in [0.2, 0.25) is 0 Å². The van der Waals surface area contributed by atoms with Crippen molar-refractivity contribution < 1.29 is 14.3 Å². The van der Waals surface area contributed by atoms with Gasteiger partial charge in [0.1, 0.15) is 0 Å². The molecule has 0 aliphatic carbocycles. The van der Waals surface area contributed by atoms with E-state index in [9.17, 15) is 9.59 Å². The van der Waals surface area contributed by atoms with E-state index in [2.05, 4.69) is 0 Å². The smallest absolute Gasteiger partial charge is 0.331 e. The number of amides is 1. The van der Waals surface area contributed by atoms with E-state index in [0.29, 0.717) is 5.56 Å². The van der Waals surface area contributed by atoms with Crippen molar-refractivity contribution in [2.75, 3.05) is 4.90 Å². The summed E-state index contributed by atoms with van der Waals surface area (Å²) in [7, 11) is 0. The molecule has 0 radical (unpaired) electrons. The molecule has 1 aliphatic rings. The molecule has 0 spiro atoms. The van der Waals surface area contributed by atoms with Gasteiger partial charge in [-0.2, -0.15) is 5.26 Å². The Hall–Kier alpha value is -3.39. The van der Waals surface area contributed by atoms with Crippen molar-refractivity contribution in [2.24, 2.45) is 0 Å². The lowest BCUT2D eigenvalue weighted by Crippen LogP contribution is -2.43. The molecule has 0 aromatic heterocycles. The highest BCUT2D eigenvalue weighted by atomic mass is 16.5. The van der Waals surface area contributed by atoms with Crippen molar-refractivity contribution in [1.29, 1.82) is 5.26 Å². The Morgan fingerprint density at radius 2 is 1.93 bits per heavy atom. The summed E-state index contributed by atoms with van der Waals surface area (Å²) in [6.07, 6.45) is 2.79. The zero-order valence-corrected chi connectivity index (χ0v) is 15.3. The van der Waals surface area contributed by atoms with Crippen LogP contribution in [-0.4, -0.2) is 24.0 Å². The van der Waals surface area contributed by atoms with Gasteiger partial charge in [-0.25, -0.2) is 4.79 Å². The second-order valence-electron chi connectivity index (χ2n) is 6.54. The van der Waals surface area contributed by atoms with E-state index in [0.717, 1.165) is 23.2 Å². The molecule has 0 saturated heterocycles. The highest BCUT2D eigenvalue weighted by Gasteiger charge is 2.34. The summed E-state index contributed by atoms with van der Waals surface area (Å²) in [5.74, 6) is -0.812. The van der Waals surface area contributed by atoms with Crippen LogP contribution in [-0.2, 0) is 20.7 Å². The van der Waals surface area contributed by atoms with Gasteiger partial charge in [0.2, 0.25) is 0 Å². The fourth-order valence-electron chi connectivity index (χ4n) is 3.19. The van der Waals surface area contributed by atoms with E-state index >= 15 is 0 Å². The Morgan fingerprint density at radius 1 is 1.22 bits per heavy atom. The minimum absolute atomic E-state index is 0.0326. The number of nitrogens with zero attached hydrogens (tertiary/aromatic N) is 2. The van der Waals surface area contributed by atoms with Crippen molar-refractivity contribution in [3.8, 4) is 6.07 Å². The number of carbonyl (C=O) groups is 2. The number of nitriles is 1. The van der Waals surface area contributed by atoms with Gasteiger partial charge in [-0.05, 0) is 55.7 Å². The van der Waals surface area contributed by atoms with Gasteiger partial charge in [0.15, 0.2) is 6.10 Å². The molecule has 2 aromatic carbocycles. The van der Waals surface area contributed by atoms with Gasteiger partial charge in [0.25, 0.3) is 5.91 Å². The molecule has 136 valence electrons. The standard InChI is InChI=1S/C22H20N2O3/c1-15-13-19-5-3-4-6-20(19)24(15)22(26)16(2)27-21(25)12-11-17-7-9-18(14-23)10-8-17/h3-12,15-16H,13H2,1-2H3/b12-11+/t15-,16-/m1/s1. The first-order valence-electron chi connectivity index (χ1n) is 8.79. The largest absolute Gasteiger partial charge is 0.449 e. The number of fused-ring (bicyclic) bond motifs is 1. The topological polar surface area (TPSA) is 70.4 Å². The molecule has 27 heavy (non-hydrogen) atoms. The van der Waals surface area contributed by atoms with Crippen LogP contribution in [0.5, 0.6) is 0 Å². The number of carbonyl (C=O) groups excluding carboxylic acids is 2. The van der Waals surface area contributed by atoms with Crippen molar-refractivity contribution in [3.63, 3.8) is 0 Å². The maximum Gasteiger partial charge on any atom is 0.331 e. The van der Waals surface area contributed by atoms with Crippen molar-refractivity contribution in [1.82, 2.24) is 0 Å². The normalized spacial score (nSPS) is 16.6. The third-order valence-electron chi connectivity index (χ3n) is 4.54. The lowest BCUT2D eigenvalue weighted by atomic mass is 10.1. The fourth-order valence-corrected chi connectivity index (χ4v) is 3.19. The van der Waals surface area contributed by atoms with E-state index in [4.69, 9.17) is 10.00 Å². The molecular formula is C22H20N2O3. The average Bonchev–Trinajstić information content (AvgIpc) is 3.01. The van der Waals surface area contributed by atoms with Gasteiger partial charge in [-0.3, -0.25) is 4.79 Å². The first kappa shape index (κ1) is 18.4. The maximum absolute atomic E-state index is 12.8. The van der Waals surface area contributed by atoms with Crippen LogP contribution in [0.4, 0.5) is 5.69 Å². The molecule has 2 atom stereocenters. The lowest BCUT2D eigenvalue weighted by Gasteiger charge is -2.25. The van der Waals surface area contributed by atoms with Gasteiger partial charge < -0.3 is 9.64 Å². The number of anilines is 1. The van der Waals surface area contributed by atoms with Crippen LogP contribution < -0.4 is 4.90 Å². The quantitative estimate of drug-likeness (QED) is 0.618.